The summed E-state index contributed by atoms with van der Waals surface area (Å²) in [5.74, 6) is -0.851. The van der Waals surface area contributed by atoms with Gasteiger partial charge in [0.2, 0.25) is 0 Å². The number of amidine groups is 1. The molecule has 6 heteroatoms. The number of hydrogen-bond donors (Lipinski definition) is 0. The van der Waals surface area contributed by atoms with E-state index in [0.29, 0.717) is 18.3 Å². The fourth-order valence-electron chi connectivity index (χ4n) is 4.19. The number of benzene rings is 1. The average Bonchev–Trinajstić information content (AvgIpc) is 3.46. The molecular weight excluding hydrogens is 382 g/mol. The molecule has 0 N–H and O–H groups in total. The van der Waals surface area contributed by atoms with Crippen molar-refractivity contribution in [3.05, 3.63) is 83.7 Å². The molecule has 2 aliphatic rings. The lowest BCUT2D eigenvalue weighted by molar-refractivity contribution is 0.352. The molecule has 0 atom stereocenters. The molecule has 4 nitrogen and oxygen atoms in total. The smallest absolute Gasteiger partial charge is 0.158 e. The van der Waals surface area contributed by atoms with Crippen molar-refractivity contribution in [1.82, 2.24) is 9.88 Å². The summed E-state index contributed by atoms with van der Waals surface area (Å²) >= 11 is 0. The standard InChI is InChI=1S/C24H24F2N4/c1-3-19(22-15-28-24(29-22)20-14-17(25)8-9-21(20)26)23(16-10-12-27-13-11-16)30(2)18-6-4-5-7-18/h3,8-14,18H,1,4-7,15H2,2H3/b23-19+. The van der Waals surface area contributed by atoms with Gasteiger partial charge in [0.05, 0.1) is 23.5 Å². The predicted octanol–water partition coefficient (Wildman–Crippen LogP) is 5.03. The van der Waals surface area contributed by atoms with E-state index in [4.69, 9.17) is 0 Å². The highest BCUT2D eigenvalue weighted by Gasteiger charge is 2.26. The number of allylic oxidation sites excluding steroid dienone is 1. The lowest BCUT2D eigenvalue weighted by Gasteiger charge is -2.31. The Morgan fingerprint density at radius 2 is 1.87 bits per heavy atom. The highest BCUT2D eigenvalue weighted by atomic mass is 19.1. The summed E-state index contributed by atoms with van der Waals surface area (Å²) in [5.41, 5.74) is 3.64. The largest absolute Gasteiger partial charge is 0.371 e. The maximum absolute atomic E-state index is 14.2. The summed E-state index contributed by atoms with van der Waals surface area (Å²) in [6.45, 7) is 4.32. The minimum Gasteiger partial charge on any atom is -0.371 e. The molecule has 0 radical (unpaired) electrons. The van der Waals surface area contributed by atoms with Crippen molar-refractivity contribution in [3.8, 4) is 0 Å². The molecule has 2 aromatic rings. The highest BCUT2D eigenvalue weighted by Crippen LogP contribution is 2.32. The molecule has 1 aromatic carbocycles. The number of rotatable bonds is 6. The van der Waals surface area contributed by atoms with Crippen LogP contribution in [0.15, 0.2) is 70.9 Å². The van der Waals surface area contributed by atoms with Crippen LogP contribution in [-0.4, -0.2) is 41.1 Å². The monoisotopic (exact) mass is 406 g/mol. The summed E-state index contributed by atoms with van der Waals surface area (Å²) in [6.07, 6.45) is 10.0. The Bertz CT molecular complexity index is 1030. The van der Waals surface area contributed by atoms with E-state index in [9.17, 15) is 8.78 Å². The summed E-state index contributed by atoms with van der Waals surface area (Å²) in [5, 5.41) is 0. The summed E-state index contributed by atoms with van der Waals surface area (Å²) in [6, 6.07) is 7.69. The molecule has 1 saturated carbocycles. The molecule has 0 bridgehead atoms. The molecule has 0 saturated heterocycles. The van der Waals surface area contributed by atoms with Crippen molar-refractivity contribution in [2.75, 3.05) is 13.6 Å². The fraction of sp³-hybridized carbons (Fsp3) is 0.292. The maximum Gasteiger partial charge on any atom is 0.158 e. The Kier molecular flexibility index (Phi) is 5.84. The Morgan fingerprint density at radius 3 is 2.57 bits per heavy atom. The van der Waals surface area contributed by atoms with Crippen molar-refractivity contribution in [2.45, 2.75) is 31.7 Å². The molecule has 0 spiro atoms. The van der Waals surface area contributed by atoms with Crippen LogP contribution in [0.2, 0.25) is 0 Å². The van der Waals surface area contributed by atoms with Gasteiger partial charge in [-0.2, -0.15) is 0 Å². The van der Waals surface area contributed by atoms with Crippen LogP contribution in [0.1, 0.15) is 36.8 Å². The Balaban J connectivity index is 1.78. The lowest BCUT2D eigenvalue weighted by Crippen LogP contribution is -2.29. The topological polar surface area (TPSA) is 40.9 Å². The Morgan fingerprint density at radius 1 is 1.13 bits per heavy atom. The van der Waals surface area contributed by atoms with Crippen molar-refractivity contribution >= 4 is 17.2 Å². The first-order chi connectivity index (χ1) is 14.6. The van der Waals surface area contributed by atoms with E-state index in [1.807, 2.05) is 12.1 Å². The Hall–Kier alpha value is -3.15. The van der Waals surface area contributed by atoms with Gasteiger partial charge in [0.15, 0.2) is 5.84 Å². The third kappa shape index (κ3) is 3.95. The molecule has 0 amide bonds. The molecule has 1 aliphatic carbocycles. The average molecular weight is 406 g/mol. The third-order valence-electron chi connectivity index (χ3n) is 5.74. The first-order valence-corrected chi connectivity index (χ1v) is 10.2. The zero-order chi connectivity index (χ0) is 21.1. The Labute approximate surface area is 175 Å². The second-order valence-electron chi connectivity index (χ2n) is 7.57. The van der Waals surface area contributed by atoms with Crippen molar-refractivity contribution in [2.24, 2.45) is 9.98 Å². The second kappa shape index (κ2) is 8.69. The molecule has 30 heavy (non-hydrogen) atoms. The first kappa shape index (κ1) is 20.1. The zero-order valence-corrected chi connectivity index (χ0v) is 17.0. The highest BCUT2D eigenvalue weighted by molar-refractivity contribution is 6.20. The van der Waals surface area contributed by atoms with E-state index in [1.165, 1.54) is 12.8 Å². The molecule has 154 valence electrons. The van der Waals surface area contributed by atoms with Gasteiger partial charge in [0, 0.05) is 36.6 Å². The van der Waals surface area contributed by atoms with Crippen LogP contribution in [0.3, 0.4) is 0 Å². The van der Waals surface area contributed by atoms with E-state index in [0.717, 1.165) is 47.9 Å². The van der Waals surface area contributed by atoms with E-state index in [2.05, 4.69) is 33.5 Å². The molecule has 1 fully saturated rings. The summed E-state index contributed by atoms with van der Waals surface area (Å²) in [4.78, 5) is 15.4. The summed E-state index contributed by atoms with van der Waals surface area (Å²) < 4.78 is 27.9. The van der Waals surface area contributed by atoms with E-state index >= 15 is 0 Å². The van der Waals surface area contributed by atoms with Crippen LogP contribution in [0.4, 0.5) is 8.78 Å². The predicted molar refractivity (Wildman–Crippen MR) is 117 cm³/mol. The van der Waals surface area contributed by atoms with Crippen LogP contribution in [0.5, 0.6) is 0 Å². The molecule has 1 aromatic heterocycles. The van der Waals surface area contributed by atoms with Gasteiger partial charge in [-0.25, -0.2) is 13.8 Å². The van der Waals surface area contributed by atoms with Crippen LogP contribution in [0.25, 0.3) is 5.70 Å². The van der Waals surface area contributed by atoms with E-state index in [1.54, 1.807) is 18.5 Å². The molecule has 4 rings (SSSR count). The zero-order valence-electron chi connectivity index (χ0n) is 17.0. The van der Waals surface area contributed by atoms with E-state index < -0.39 is 11.6 Å². The maximum atomic E-state index is 14.2. The molecule has 2 heterocycles. The van der Waals surface area contributed by atoms with Gasteiger partial charge in [-0.1, -0.05) is 25.5 Å². The van der Waals surface area contributed by atoms with Gasteiger partial charge in [0.25, 0.3) is 0 Å². The van der Waals surface area contributed by atoms with Crippen molar-refractivity contribution in [1.29, 1.82) is 0 Å². The normalized spacial score (nSPS) is 17.4. The number of aromatic nitrogens is 1. The quantitative estimate of drug-likeness (QED) is 0.631. The first-order valence-electron chi connectivity index (χ1n) is 10.2. The van der Waals surface area contributed by atoms with Crippen molar-refractivity contribution < 1.29 is 8.78 Å². The molecule has 0 unspecified atom stereocenters. The van der Waals surface area contributed by atoms with Gasteiger partial charge in [0.1, 0.15) is 11.6 Å². The molecule has 1 aliphatic heterocycles. The van der Waals surface area contributed by atoms with Crippen molar-refractivity contribution in [3.63, 3.8) is 0 Å². The summed E-state index contributed by atoms with van der Waals surface area (Å²) in [7, 11) is 2.10. The number of hydrogen-bond acceptors (Lipinski definition) is 4. The number of nitrogens with zero attached hydrogens (tertiary/aromatic N) is 4. The van der Waals surface area contributed by atoms with Gasteiger partial charge in [-0.05, 0) is 43.2 Å². The second-order valence-corrected chi connectivity index (χ2v) is 7.57. The molecular formula is C24H24F2N4. The van der Waals surface area contributed by atoms with Gasteiger partial charge in [-0.3, -0.25) is 9.98 Å². The SMILES string of the molecule is C=C/C(C1=NC(c2cc(F)ccc2F)=NC1)=C(/c1ccncc1)N(C)C1CCCC1. The van der Waals surface area contributed by atoms with E-state index in [-0.39, 0.29) is 11.4 Å². The van der Waals surface area contributed by atoms with Crippen LogP contribution in [-0.2, 0) is 0 Å². The number of pyridine rings is 1. The number of halogens is 2. The minimum atomic E-state index is -0.540. The van der Waals surface area contributed by atoms with Crippen LogP contribution >= 0.6 is 0 Å². The van der Waals surface area contributed by atoms with Gasteiger partial charge in [-0.15, -0.1) is 0 Å². The van der Waals surface area contributed by atoms with Crippen LogP contribution < -0.4 is 0 Å². The fourth-order valence-corrected chi connectivity index (χ4v) is 4.19. The lowest BCUT2D eigenvalue weighted by atomic mass is 10.0. The number of aliphatic imine (C=N–C) groups is 2. The van der Waals surface area contributed by atoms with Gasteiger partial charge < -0.3 is 4.90 Å². The minimum absolute atomic E-state index is 0.0722. The van der Waals surface area contributed by atoms with Gasteiger partial charge >= 0.3 is 0 Å². The van der Waals surface area contributed by atoms with Crippen LogP contribution in [0, 0.1) is 11.6 Å². The third-order valence-corrected chi connectivity index (χ3v) is 5.74.